The van der Waals surface area contributed by atoms with Crippen LogP contribution in [0, 0.1) is 0 Å². The van der Waals surface area contributed by atoms with Crippen molar-refractivity contribution in [2.75, 3.05) is 14.4 Å². The smallest absolute Gasteiger partial charge is 0.100 e. The predicted octanol–water partition coefficient (Wildman–Crippen LogP) is 5.00. The Morgan fingerprint density at radius 1 is 0.632 bits per heavy atom. The van der Waals surface area contributed by atoms with Crippen molar-refractivity contribution in [1.82, 2.24) is 0 Å². The molecule has 2 nitrogen and oxygen atoms in total. The molecule has 0 unspecified atom stereocenters. The van der Waals surface area contributed by atoms with E-state index in [2.05, 4.69) is 16.0 Å². The van der Waals surface area contributed by atoms with Gasteiger partial charge in [-0.25, -0.2) is 0 Å². The van der Waals surface area contributed by atoms with Crippen molar-refractivity contribution in [3.8, 4) is 0 Å². The van der Waals surface area contributed by atoms with Crippen LogP contribution in [0.5, 0.6) is 0 Å². The minimum absolute atomic E-state index is 0.500. The monoisotopic (exact) mass is 262 g/mol. The maximum atomic E-state index is 9.50. The van der Waals surface area contributed by atoms with Crippen LogP contribution in [0.15, 0.2) is 70.6 Å². The van der Waals surface area contributed by atoms with Gasteiger partial charge >= 0.3 is 0 Å². The quantitative estimate of drug-likeness (QED) is 0.681. The van der Waals surface area contributed by atoms with Crippen molar-refractivity contribution < 1.29 is 8.78 Å². The number of nitrogens with zero attached hydrogens (tertiary/aromatic N) is 2. The van der Waals surface area contributed by atoms with E-state index in [1.807, 2.05) is 60.7 Å². The van der Waals surface area contributed by atoms with Crippen LogP contribution in [-0.2, 0) is 0 Å². The normalized spacial score (nSPS) is 7.79. The lowest BCUT2D eigenvalue weighted by Crippen LogP contribution is -1.63. The number of aliphatic imine (C=N–C) groups is 2. The van der Waals surface area contributed by atoms with Crippen molar-refractivity contribution >= 4 is 17.4 Å². The van der Waals surface area contributed by atoms with Gasteiger partial charge in [-0.1, -0.05) is 36.4 Å². The van der Waals surface area contributed by atoms with Crippen molar-refractivity contribution in [3.05, 3.63) is 60.7 Å². The second-order valence-corrected chi connectivity index (χ2v) is 2.99. The number of hydrogen-bond acceptors (Lipinski definition) is 2. The Kier molecular flexibility index (Phi) is 10.7. The molecule has 0 aromatic heterocycles. The summed E-state index contributed by atoms with van der Waals surface area (Å²) < 4.78 is 19.0. The molecule has 0 saturated heterocycles. The minimum atomic E-state index is 0.500. The molecule has 0 heterocycles. The summed E-state index contributed by atoms with van der Waals surface area (Å²) in [5.41, 5.74) is 1.72. The number of alkyl halides is 2. The molecule has 2 rings (SSSR count). The van der Waals surface area contributed by atoms with Gasteiger partial charge in [0, 0.05) is 0 Å². The van der Waals surface area contributed by atoms with Gasteiger partial charge in [-0.15, -0.1) is 0 Å². The lowest BCUT2D eigenvalue weighted by Gasteiger charge is -1.87. The summed E-state index contributed by atoms with van der Waals surface area (Å²) in [7, 11) is 1.00. The van der Waals surface area contributed by atoms with Gasteiger partial charge in [0.1, 0.15) is 6.01 Å². The molecule has 0 saturated carbocycles. The molecular weight excluding hydrogens is 246 g/mol. The van der Waals surface area contributed by atoms with E-state index in [1.54, 1.807) is 0 Å². The van der Waals surface area contributed by atoms with E-state index in [1.165, 1.54) is 0 Å². The van der Waals surface area contributed by atoms with Crippen LogP contribution in [0.2, 0.25) is 0 Å². The Morgan fingerprint density at radius 3 is 1.26 bits per heavy atom. The molecule has 0 aliphatic rings. The van der Waals surface area contributed by atoms with Crippen LogP contribution in [0.3, 0.4) is 0 Å². The number of rotatable bonds is 2. The summed E-state index contributed by atoms with van der Waals surface area (Å²) in [4.78, 5) is 8.17. The zero-order valence-electron chi connectivity index (χ0n) is 10.9. The van der Waals surface area contributed by atoms with Crippen LogP contribution in [0.1, 0.15) is 0 Å². The first-order valence-corrected chi connectivity index (χ1v) is 5.47. The van der Waals surface area contributed by atoms with E-state index >= 15 is 0 Å². The highest BCUT2D eigenvalue weighted by molar-refractivity contribution is 5.57. The van der Waals surface area contributed by atoms with Gasteiger partial charge in [0.05, 0.1) is 25.7 Å². The van der Waals surface area contributed by atoms with Crippen LogP contribution < -0.4 is 0 Å². The zero-order chi connectivity index (χ0) is 14.3. The highest BCUT2D eigenvalue weighted by Gasteiger charge is 1.83. The zero-order valence-corrected chi connectivity index (χ0v) is 10.9. The second-order valence-electron chi connectivity index (χ2n) is 2.99. The second kappa shape index (κ2) is 12.1. The van der Waals surface area contributed by atoms with Gasteiger partial charge in [-0.3, -0.25) is 8.78 Å². The SMILES string of the molecule is C(=Nc1ccccc1)=Nc1ccccc1.CF.CF. The minimum Gasteiger partial charge on any atom is -0.255 e. The van der Waals surface area contributed by atoms with Gasteiger partial charge in [0.15, 0.2) is 0 Å². The number of hydrogen-bond donors (Lipinski definition) is 0. The molecule has 0 spiro atoms. The highest BCUT2D eigenvalue weighted by Crippen LogP contribution is 2.10. The number of halogens is 2. The largest absolute Gasteiger partial charge is 0.255 e. The van der Waals surface area contributed by atoms with E-state index < -0.39 is 0 Å². The molecule has 2 aromatic rings. The predicted molar refractivity (Wildman–Crippen MR) is 76.1 cm³/mol. The molecule has 0 amide bonds. The van der Waals surface area contributed by atoms with Crippen molar-refractivity contribution in [2.45, 2.75) is 0 Å². The summed E-state index contributed by atoms with van der Waals surface area (Å²) in [5.74, 6) is 0. The molecule has 0 N–H and O–H groups in total. The topological polar surface area (TPSA) is 24.7 Å². The Labute approximate surface area is 112 Å². The molecule has 0 fully saturated rings. The van der Waals surface area contributed by atoms with Gasteiger partial charge in [0.2, 0.25) is 0 Å². The molecule has 100 valence electrons. The Morgan fingerprint density at radius 2 is 0.947 bits per heavy atom. The number of para-hydroxylation sites is 2. The van der Waals surface area contributed by atoms with Crippen molar-refractivity contribution in [3.63, 3.8) is 0 Å². The molecule has 4 heteroatoms. The lowest BCUT2D eigenvalue weighted by atomic mass is 10.3. The molecular formula is C15H16F2N2. The van der Waals surface area contributed by atoms with E-state index in [0.717, 1.165) is 11.4 Å². The van der Waals surface area contributed by atoms with Crippen LogP contribution in [-0.4, -0.2) is 20.4 Å². The first kappa shape index (κ1) is 16.7. The van der Waals surface area contributed by atoms with Crippen molar-refractivity contribution in [2.24, 2.45) is 9.98 Å². The molecule has 2 aromatic carbocycles. The Balaban J connectivity index is 0.000000741. The molecule has 0 radical (unpaired) electrons. The number of benzene rings is 2. The van der Waals surface area contributed by atoms with Crippen LogP contribution >= 0.6 is 0 Å². The first-order valence-electron chi connectivity index (χ1n) is 5.47. The Hall–Kier alpha value is -2.32. The summed E-state index contributed by atoms with van der Waals surface area (Å²) in [6.07, 6.45) is 0. The first-order chi connectivity index (χ1) is 9.45. The average Bonchev–Trinajstić information content (AvgIpc) is 2.53. The van der Waals surface area contributed by atoms with Gasteiger partial charge in [-0.2, -0.15) is 9.98 Å². The fourth-order valence-corrected chi connectivity index (χ4v) is 1.15. The van der Waals surface area contributed by atoms with Crippen molar-refractivity contribution in [1.29, 1.82) is 0 Å². The maximum Gasteiger partial charge on any atom is 0.100 e. The standard InChI is InChI=1S/C13H10N2.2CH3F/c1-3-7-12(8-4-1)14-11-15-13-9-5-2-6-10-13;2*1-2/h1-10H;2*1H3. The van der Waals surface area contributed by atoms with E-state index in [4.69, 9.17) is 0 Å². The summed E-state index contributed by atoms with van der Waals surface area (Å²) in [5, 5.41) is 0. The molecule has 19 heavy (non-hydrogen) atoms. The highest BCUT2D eigenvalue weighted by atomic mass is 19.1. The summed E-state index contributed by atoms with van der Waals surface area (Å²) in [6, 6.07) is 21.9. The lowest BCUT2D eigenvalue weighted by molar-refractivity contribution is 0.635. The fraction of sp³-hybridized carbons (Fsp3) is 0.133. The van der Waals surface area contributed by atoms with E-state index in [0.29, 0.717) is 14.4 Å². The van der Waals surface area contributed by atoms with Crippen LogP contribution in [0.4, 0.5) is 20.2 Å². The third kappa shape index (κ3) is 7.58. The third-order valence-corrected chi connectivity index (χ3v) is 1.87. The van der Waals surface area contributed by atoms with E-state index in [9.17, 15) is 8.78 Å². The molecule has 0 aliphatic heterocycles. The van der Waals surface area contributed by atoms with Gasteiger partial charge in [-0.05, 0) is 24.3 Å². The molecule has 0 bridgehead atoms. The summed E-state index contributed by atoms with van der Waals surface area (Å²) in [6.45, 7) is 0. The van der Waals surface area contributed by atoms with Gasteiger partial charge in [0.25, 0.3) is 0 Å². The van der Waals surface area contributed by atoms with Crippen LogP contribution in [0.25, 0.3) is 0 Å². The molecule has 0 atom stereocenters. The summed E-state index contributed by atoms with van der Waals surface area (Å²) >= 11 is 0. The van der Waals surface area contributed by atoms with E-state index in [-0.39, 0.29) is 0 Å². The average molecular weight is 262 g/mol. The fourth-order valence-electron chi connectivity index (χ4n) is 1.15. The molecule has 0 aliphatic carbocycles. The maximum absolute atomic E-state index is 9.50. The van der Waals surface area contributed by atoms with Gasteiger partial charge < -0.3 is 0 Å². The third-order valence-electron chi connectivity index (χ3n) is 1.87. The Bertz CT molecular complexity index is 435.